The Morgan fingerprint density at radius 3 is 2.40 bits per heavy atom. The average molecular weight is 510 g/mol. The van der Waals surface area contributed by atoms with Gasteiger partial charge in [-0.3, -0.25) is 4.68 Å². The van der Waals surface area contributed by atoms with Gasteiger partial charge in [0.1, 0.15) is 18.0 Å². The lowest BCUT2D eigenvalue weighted by molar-refractivity contribution is -0.148. The van der Waals surface area contributed by atoms with Gasteiger partial charge in [-0.25, -0.2) is 9.59 Å². The van der Waals surface area contributed by atoms with Crippen LogP contribution in [0.5, 0.6) is 5.75 Å². The number of nitrogens with zero attached hydrogens (tertiary/aromatic N) is 2. The van der Waals surface area contributed by atoms with Crippen molar-refractivity contribution in [3.05, 3.63) is 24.4 Å². The molecule has 11 heteroatoms. The third-order valence-corrected chi connectivity index (χ3v) is 10.3. The van der Waals surface area contributed by atoms with Crippen LogP contribution >= 0.6 is 0 Å². The highest BCUT2D eigenvalue weighted by atomic mass is 28.4. The molecule has 0 aliphatic heterocycles. The third-order valence-electron chi connectivity index (χ3n) is 5.75. The van der Waals surface area contributed by atoms with E-state index in [0.717, 1.165) is 10.9 Å². The second kappa shape index (κ2) is 11.0. The SMILES string of the molecule is CC(C)(C)OC(=O)NC[C@H](Cn1cc2cc(OC[C@@H](O)C(=O)O)ccc2n1)O[Si](C)(C)C(C)(C)C. The molecule has 0 bridgehead atoms. The van der Waals surface area contributed by atoms with Crippen LogP contribution in [0.15, 0.2) is 24.4 Å². The third kappa shape index (κ3) is 8.82. The lowest BCUT2D eigenvalue weighted by Gasteiger charge is -2.39. The van der Waals surface area contributed by atoms with E-state index in [9.17, 15) is 14.7 Å². The Morgan fingerprint density at radius 2 is 1.83 bits per heavy atom. The molecule has 0 aliphatic carbocycles. The minimum Gasteiger partial charge on any atom is -0.490 e. The van der Waals surface area contributed by atoms with Gasteiger partial charge in [0.2, 0.25) is 0 Å². The Bertz CT molecular complexity index is 1020. The molecule has 1 aromatic heterocycles. The number of alkyl carbamates (subject to hydrolysis) is 1. The van der Waals surface area contributed by atoms with Crippen molar-refractivity contribution in [1.82, 2.24) is 15.1 Å². The van der Waals surface area contributed by atoms with Crippen molar-refractivity contribution < 1.29 is 33.7 Å². The van der Waals surface area contributed by atoms with E-state index in [4.69, 9.17) is 19.0 Å². The molecule has 0 unspecified atom stereocenters. The van der Waals surface area contributed by atoms with Crippen LogP contribution in [0.25, 0.3) is 10.9 Å². The molecule has 1 aromatic carbocycles. The quantitative estimate of drug-likeness (QED) is 0.412. The number of aromatic nitrogens is 2. The lowest BCUT2D eigenvalue weighted by Crippen LogP contribution is -2.48. The van der Waals surface area contributed by atoms with Crippen LogP contribution in [-0.2, 0) is 20.5 Å². The molecule has 35 heavy (non-hydrogen) atoms. The number of hydrogen-bond donors (Lipinski definition) is 3. The Hall–Kier alpha value is -2.63. The monoisotopic (exact) mass is 509 g/mol. The Balaban J connectivity index is 2.17. The smallest absolute Gasteiger partial charge is 0.407 e. The number of fused-ring (bicyclic) bond motifs is 1. The van der Waals surface area contributed by atoms with Crippen LogP contribution in [-0.4, -0.2) is 71.3 Å². The second-order valence-electron chi connectivity index (χ2n) is 11.1. The van der Waals surface area contributed by atoms with E-state index in [0.29, 0.717) is 12.3 Å². The zero-order chi connectivity index (χ0) is 26.6. The first-order valence-corrected chi connectivity index (χ1v) is 14.5. The van der Waals surface area contributed by atoms with E-state index >= 15 is 0 Å². The molecule has 2 rings (SSSR count). The van der Waals surface area contributed by atoms with E-state index in [-0.39, 0.29) is 24.3 Å². The van der Waals surface area contributed by atoms with Crippen molar-refractivity contribution in [2.24, 2.45) is 0 Å². The molecule has 10 nitrogen and oxygen atoms in total. The van der Waals surface area contributed by atoms with E-state index < -0.39 is 32.1 Å². The number of amides is 1. The number of benzene rings is 1. The number of aliphatic carboxylic acids is 1. The van der Waals surface area contributed by atoms with Crippen molar-refractivity contribution in [2.45, 2.75) is 84.0 Å². The van der Waals surface area contributed by atoms with E-state index in [1.807, 2.05) is 27.0 Å². The number of carboxylic acid groups (broad SMARTS) is 1. The summed E-state index contributed by atoms with van der Waals surface area (Å²) in [7, 11) is -2.14. The minimum atomic E-state index is -2.14. The minimum absolute atomic E-state index is 0.0151. The number of rotatable bonds is 10. The number of nitrogens with one attached hydrogen (secondary N) is 1. The fourth-order valence-electron chi connectivity index (χ4n) is 2.94. The molecule has 0 saturated heterocycles. The summed E-state index contributed by atoms with van der Waals surface area (Å²) < 4.78 is 19.1. The zero-order valence-electron chi connectivity index (χ0n) is 21.9. The zero-order valence-corrected chi connectivity index (χ0v) is 22.9. The maximum absolute atomic E-state index is 12.2. The van der Waals surface area contributed by atoms with Crippen molar-refractivity contribution in [2.75, 3.05) is 13.2 Å². The number of hydrogen-bond acceptors (Lipinski definition) is 7. The largest absolute Gasteiger partial charge is 0.490 e. The summed E-state index contributed by atoms with van der Waals surface area (Å²) in [4.78, 5) is 23.0. The summed E-state index contributed by atoms with van der Waals surface area (Å²) in [6, 6.07) is 5.16. The normalized spacial score (nSPS) is 14.4. The van der Waals surface area contributed by atoms with Crippen LogP contribution in [0, 0.1) is 0 Å². The fourth-order valence-corrected chi connectivity index (χ4v) is 4.29. The highest BCUT2D eigenvalue weighted by Gasteiger charge is 2.39. The molecule has 2 atom stereocenters. The van der Waals surface area contributed by atoms with Gasteiger partial charge in [-0.15, -0.1) is 0 Å². The molecule has 0 spiro atoms. The van der Waals surface area contributed by atoms with Gasteiger partial charge < -0.3 is 29.4 Å². The first-order valence-electron chi connectivity index (χ1n) is 11.6. The van der Waals surface area contributed by atoms with Gasteiger partial charge in [-0.1, -0.05) is 20.8 Å². The number of aliphatic hydroxyl groups is 1. The van der Waals surface area contributed by atoms with Gasteiger partial charge in [0.15, 0.2) is 14.4 Å². The van der Waals surface area contributed by atoms with Crippen molar-refractivity contribution >= 4 is 31.3 Å². The number of carbonyl (C=O) groups is 2. The molecule has 0 saturated carbocycles. The average Bonchev–Trinajstić information content (AvgIpc) is 3.09. The molecule has 2 aromatic rings. The topological polar surface area (TPSA) is 132 Å². The molecule has 0 aliphatic rings. The summed E-state index contributed by atoms with van der Waals surface area (Å²) in [5.74, 6) is -0.912. The summed E-state index contributed by atoms with van der Waals surface area (Å²) in [5, 5.41) is 26.4. The maximum atomic E-state index is 12.2. The predicted molar refractivity (Wildman–Crippen MR) is 135 cm³/mol. The molecule has 196 valence electrons. The van der Waals surface area contributed by atoms with Gasteiger partial charge in [0.25, 0.3) is 0 Å². The summed E-state index contributed by atoms with van der Waals surface area (Å²) in [6.07, 6.45) is -0.596. The first-order chi connectivity index (χ1) is 16.0. The lowest BCUT2D eigenvalue weighted by atomic mass is 10.2. The molecule has 3 N–H and O–H groups in total. The predicted octanol–water partition coefficient (Wildman–Crippen LogP) is 3.78. The Kier molecular flexibility index (Phi) is 8.96. The van der Waals surface area contributed by atoms with E-state index in [1.54, 1.807) is 22.9 Å². The van der Waals surface area contributed by atoms with Gasteiger partial charge in [-0.05, 0) is 57.1 Å². The van der Waals surface area contributed by atoms with Crippen molar-refractivity contribution in [3.63, 3.8) is 0 Å². The number of ether oxygens (including phenoxy) is 2. The van der Waals surface area contributed by atoms with Crippen LogP contribution in [0.3, 0.4) is 0 Å². The summed E-state index contributed by atoms with van der Waals surface area (Å²) in [6.45, 7) is 16.5. The number of aliphatic hydroxyl groups excluding tert-OH is 1. The van der Waals surface area contributed by atoms with E-state index in [2.05, 4.69) is 44.3 Å². The fraction of sp³-hybridized carbons (Fsp3) is 0.625. The van der Waals surface area contributed by atoms with E-state index in [1.165, 1.54) is 0 Å². The second-order valence-corrected chi connectivity index (χ2v) is 15.9. The summed E-state index contributed by atoms with van der Waals surface area (Å²) >= 11 is 0. The van der Waals surface area contributed by atoms with Gasteiger partial charge >= 0.3 is 12.1 Å². The van der Waals surface area contributed by atoms with Gasteiger partial charge in [0.05, 0.1) is 18.2 Å². The molecule has 1 amide bonds. The number of carboxylic acids is 1. The number of carbonyl (C=O) groups excluding carboxylic acids is 1. The molecular weight excluding hydrogens is 470 g/mol. The first kappa shape index (κ1) is 28.6. The maximum Gasteiger partial charge on any atom is 0.407 e. The Labute approximate surface area is 207 Å². The van der Waals surface area contributed by atoms with Crippen LogP contribution in [0.2, 0.25) is 18.1 Å². The van der Waals surface area contributed by atoms with Crippen molar-refractivity contribution in [3.8, 4) is 5.75 Å². The molecule has 0 fully saturated rings. The Morgan fingerprint density at radius 1 is 1.17 bits per heavy atom. The van der Waals surface area contributed by atoms with Crippen molar-refractivity contribution in [1.29, 1.82) is 0 Å². The highest BCUT2D eigenvalue weighted by Crippen LogP contribution is 2.37. The van der Waals surface area contributed by atoms with Gasteiger partial charge in [-0.2, -0.15) is 5.10 Å². The standard InChI is InChI=1S/C24H39N3O7Si/c1-23(2,3)33-22(31)25-12-18(34-35(7,8)24(4,5)6)14-27-13-16-11-17(9-10-19(16)26-27)32-15-20(28)21(29)30/h9-11,13,18,20,28H,12,14-15H2,1-8H3,(H,25,31)(H,29,30)/t18-,20-/m1/s1. The van der Waals surface area contributed by atoms with Crippen LogP contribution in [0.4, 0.5) is 4.79 Å². The molecule has 1 heterocycles. The molecule has 0 radical (unpaired) electrons. The van der Waals surface area contributed by atoms with Crippen LogP contribution in [0.1, 0.15) is 41.5 Å². The molecular formula is C24H39N3O7Si. The summed E-state index contributed by atoms with van der Waals surface area (Å²) in [5.41, 5.74) is 0.127. The van der Waals surface area contributed by atoms with Crippen LogP contribution < -0.4 is 10.1 Å². The van der Waals surface area contributed by atoms with Gasteiger partial charge in [0, 0.05) is 18.1 Å². The highest BCUT2D eigenvalue weighted by molar-refractivity contribution is 6.74.